The third-order valence-corrected chi connectivity index (χ3v) is 6.84. The number of nitrogens with one attached hydrogen (secondary N) is 1. The molecule has 0 unspecified atom stereocenters. The summed E-state index contributed by atoms with van der Waals surface area (Å²) in [6.45, 7) is 5.05. The van der Waals surface area contributed by atoms with Crippen molar-refractivity contribution in [3.05, 3.63) is 83.7 Å². The van der Waals surface area contributed by atoms with Crippen LogP contribution < -0.4 is 19.9 Å². The van der Waals surface area contributed by atoms with E-state index in [1.54, 1.807) is 18.2 Å². The molecular formula is C29H33N5O4. The standard InChI is InChI=1S/C29H33N5O4/c1-37-27-4-2-3-23(15-27)19-33(18-22-5-7-25(8-6-22)32-11-13-38-14-12-32)26-9-10-30-24(16-26)20-34-21-28(35)31-17-29(34)36/h2-10,15-16H,11-14,17-21H2,1H3,(H,31,35). The summed E-state index contributed by atoms with van der Waals surface area (Å²) in [5.41, 5.74) is 5.24. The van der Waals surface area contributed by atoms with Crippen LogP contribution in [0, 0.1) is 0 Å². The maximum absolute atomic E-state index is 12.3. The first-order valence-electron chi connectivity index (χ1n) is 12.9. The van der Waals surface area contributed by atoms with Gasteiger partial charge in [-0.3, -0.25) is 14.6 Å². The molecule has 0 bridgehead atoms. The van der Waals surface area contributed by atoms with Crippen LogP contribution in [0.1, 0.15) is 16.8 Å². The minimum atomic E-state index is -0.152. The lowest BCUT2D eigenvalue weighted by molar-refractivity contribution is -0.141. The molecule has 0 radical (unpaired) electrons. The van der Waals surface area contributed by atoms with E-state index in [-0.39, 0.29) is 24.9 Å². The molecule has 2 fully saturated rings. The lowest BCUT2D eigenvalue weighted by Crippen LogP contribution is -2.51. The van der Waals surface area contributed by atoms with Crippen molar-refractivity contribution < 1.29 is 19.1 Å². The molecular weight excluding hydrogens is 482 g/mol. The molecule has 2 aliphatic rings. The molecule has 1 N–H and O–H groups in total. The van der Waals surface area contributed by atoms with E-state index in [0.717, 1.165) is 49.0 Å². The number of rotatable bonds is 9. The van der Waals surface area contributed by atoms with Crippen LogP contribution in [0.15, 0.2) is 66.9 Å². The van der Waals surface area contributed by atoms with Gasteiger partial charge < -0.3 is 29.5 Å². The van der Waals surface area contributed by atoms with Gasteiger partial charge in [0.1, 0.15) is 5.75 Å². The topological polar surface area (TPSA) is 87.2 Å². The highest BCUT2D eigenvalue weighted by Gasteiger charge is 2.23. The third-order valence-electron chi connectivity index (χ3n) is 6.84. The van der Waals surface area contributed by atoms with Gasteiger partial charge in [0.2, 0.25) is 11.8 Å². The number of carbonyl (C=O) groups is 2. The maximum atomic E-state index is 12.3. The van der Waals surface area contributed by atoms with Crippen LogP contribution in [0.25, 0.3) is 0 Å². The van der Waals surface area contributed by atoms with Crippen molar-refractivity contribution in [3.63, 3.8) is 0 Å². The van der Waals surface area contributed by atoms with Crippen LogP contribution >= 0.6 is 0 Å². The van der Waals surface area contributed by atoms with Crippen molar-refractivity contribution >= 4 is 23.2 Å². The molecule has 3 aromatic rings. The van der Waals surface area contributed by atoms with Crippen molar-refractivity contribution in [2.45, 2.75) is 19.6 Å². The van der Waals surface area contributed by atoms with E-state index in [0.29, 0.717) is 19.6 Å². The lowest BCUT2D eigenvalue weighted by Gasteiger charge is -2.30. The monoisotopic (exact) mass is 515 g/mol. The van der Waals surface area contributed by atoms with Crippen LogP contribution in [-0.4, -0.2) is 68.2 Å². The molecule has 198 valence electrons. The number of aromatic nitrogens is 1. The van der Waals surface area contributed by atoms with Gasteiger partial charge in [-0.2, -0.15) is 0 Å². The number of nitrogens with zero attached hydrogens (tertiary/aromatic N) is 4. The van der Waals surface area contributed by atoms with Crippen LogP contribution in [0.3, 0.4) is 0 Å². The molecule has 2 aliphatic heterocycles. The summed E-state index contributed by atoms with van der Waals surface area (Å²) in [6.07, 6.45) is 1.76. The number of pyridine rings is 1. The number of piperazine rings is 1. The first-order valence-corrected chi connectivity index (χ1v) is 12.9. The predicted octanol–water partition coefficient (Wildman–Crippen LogP) is 2.59. The van der Waals surface area contributed by atoms with E-state index in [1.807, 2.05) is 30.3 Å². The number of anilines is 2. The first-order chi connectivity index (χ1) is 18.6. The zero-order valence-corrected chi connectivity index (χ0v) is 21.6. The highest BCUT2D eigenvalue weighted by molar-refractivity contribution is 5.92. The summed E-state index contributed by atoms with van der Waals surface area (Å²) in [6, 6.07) is 20.8. The number of hydrogen-bond acceptors (Lipinski definition) is 7. The Morgan fingerprint density at radius 1 is 1.00 bits per heavy atom. The number of carbonyl (C=O) groups excluding carboxylic acids is 2. The fourth-order valence-corrected chi connectivity index (χ4v) is 4.78. The van der Waals surface area contributed by atoms with Gasteiger partial charge in [0.15, 0.2) is 0 Å². The molecule has 2 aromatic carbocycles. The summed E-state index contributed by atoms with van der Waals surface area (Å²) in [5.74, 6) is 0.556. The summed E-state index contributed by atoms with van der Waals surface area (Å²) >= 11 is 0. The largest absolute Gasteiger partial charge is 0.497 e. The molecule has 5 rings (SSSR count). The molecule has 2 amide bonds. The van der Waals surface area contributed by atoms with E-state index < -0.39 is 0 Å². The van der Waals surface area contributed by atoms with E-state index in [4.69, 9.17) is 9.47 Å². The Morgan fingerprint density at radius 3 is 2.58 bits per heavy atom. The van der Waals surface area contributed by atoms with Crippen LogP contribution in [-0.2, 0) is 34.0 Å². The van der Waals surface area contributed by atoms with Crippen molar-refractivity contribution in [1.29, 1.82) is 0 Å². The van der Waals surface area contributed by atoms with Crippen LogP contribution in [0.4, 0.5) is 11.4 Å². The van der Waals surface area contributed by atoms with Gasteiger partial charge in [-0.05, 0) is 47.5 Å². The normalized spacial score (nSPS) is 15.8. The quantitative estimate of drug-likeness (QED) is 0.469. The molecule has 9 nitrogen and oxygen atoms in total. The summed E-state index contributed by atoms with van der Waals surface area (Å²) in [5, 5.41) is 2.59. The second-order valence-electron chi connectivity index (χ2n) is 9.51. The molecule has 1 aromatic heterocycles. The Kier molecular flexibility index (Phi) is 8.04. The molecule has 0 atom stereocenters. The van der Waals surface area contributed by atoms with E-state index >= 15 is 0 Å². The number of benzene rings is 2. The van der Waals surface area contributed by atoms with Gasteiger partial charge in [-0.15, -0.1) is 0 Å². The van der Waals surface area contributed by atoms with Crippen molar-refractivity contribution in [2.24, 2.45) is 0 Å². The lowest BCUT2D eigenvalue weighted by atomic mass is 10.1. The van der Waals surface area contributed by atoms with Crippen LogP contribution in [0.2, 0.25) is 0 Å². The van der Waals surface area contributed by atoms with Gasteiger partial charge in [-0.1, -0.05) is 24.3 Å². The average Bonchev–Trinajstić information content (AvgIpc) is 2.96. The molecule has 0 aliphatic carbocycles. The van der Waals surface area contributed by atoms with Gasteiger partial charge >= 0.3 is 0 Å². The average molecular weight is 516 g/mol. The Hall–Kier alpha value is -4.11. The summed E-state index contributed by atoms with van der Waals surface area (Å²) in [7, 11) is 1.67. The summed E-state index contributed by atoms with van der Waals surface area (Å²) in [4.78, 5) is 34.8. The second-order valence-corrected chi connectivity index (χ2v) is 9.51. The fraction of sp³-hybridized carbons (Fsp3) is 0.345. The van der Waals surface area contributed by atoms with E-state index in [1.165, 1.54) is 11.3 Å². The SMILES string of the molecule is COc1cccc(CN(Cc2ccc(N3CCOCC3)cc2)c2ccnc(CN3CC(=O)NCC3=O)c2)c1. The molecule has 3 heterocycles. The smallest absolute Gasteiger partial charge is 0.242 e. The molecule has 0 saturated carbocycles. The molecule has 9 heteroatoms. The minimum Gasteiger partial charge on any atom is -0.497 e. The van der Waals surface area contributed by atoms with Gasteiger partial charge in [0.25, 0.3) is 0 Å². The Labute approximate surface area is 223 Å². The number of morpholine rings is 1. The van der Waals surface area contributed by atoms with E-state index in [9.17, 15) is 9.59 Å². The van der Waals surface area contributed by atoms with Crippen molar-refractivity contribution in [1.82, 2.24) is 15.2 Å². The highest BCUT2D eigenvalue weighted by Crippen LogP contribution is 2.24. The van der Waals surface area contributed by atoms with Crippen molar-refractivity contribution in [2.75, 3.05) is 56.3 Å². The van der Waals surface area contributed by atoms with E-state index in [2.05, 4.69) is 50.4 Å². The van der Waals surface area contributed by atoms with Crippen molar-refractivity contribution in [3.8, 4) is 5.75 Å². The van der Waals surface area contributed by atoms with Gasteiger partial charge in [-0.25, -0.2) is 0 Å². The molecule has 38 heavy (non-hydrogen) atoms. The molecule has 2 saturated heterocycles. The minimum absolute atomic E-state index is 0.0287. The predicted molar refractivity (Wildman–Crippen MR) is 145 cm³/mol. The maximum Gasteiger partial charge on any atom is 0.242 e. The second kappa shape index (κ2) is 12.0. The third kappa shape index (κ3) is 6.41. The van der Waals surface area contributed by atoms with Gasteiger partial charge in [0.05, 0.1) is 45.7 Å². The number of amides is 2. The fourth-order valence-electron chi connectivity index (χ4n) is 4.78. The number of methoxy groups -OCH3 is 1. The Bertz CT molecular complexity index is 1260. The Balaban J connectivity index is 1.37. The summed E-state index contributed by atoms with van der Waals surface area (Å²) < 4.78 is 10.9. The van der Waals surface area contributed by atoms with Crippen LogP contribution in [0.5, 0.6) is 5.75 Å². The first kappa shape index (κ1) is 25.5. The number of ether oxygens (including phenoxy) is 2. The highest BCUT2D eigenvalue weighted by atomic mass is 16.5. The Morgan fingerprint density at radius 2 is 1.79 bits per heavy atom. The molecule has 0 spiro atoms. The van der Waals surface area contributed by atoms with Gasteiger partial charge in [0, 0.05) is 43.8 Å². The zero-order chi connectivity index (χ0) is 26.3. The number of hydrogen-bond donors (Lipinski definition) is 1. The zero-order valence-electron chi connectivity index (χ0n) is 21.6.